The average Bonchev–Trinajstić information content (AvgIpc) is 2.78. The second-order valence-corrected chi connectivity index (χ2v) is 3.64. The molecule has 0 aliphatic carbocycles. The lowest BCUT2D eigenvalue weighted by Crippen LogP contribution is -1.96. The summed E-state index contributed by atoms with van der Waals surface area (Å²) in [5.74, 6) is -0.386. The van der Waals surface area contributed by atoms with Crippen LogP contribution in [0.2, 0.25) is 0 Å². The van der Waals surface area contributed by atoms with Gasteiger partial charge in [-0.3, -0.25) is 9.97 Å². The topological polar surface area (TPSA) is 65.0 Å². The van der Waals surface area contributed by atoms with Crippen molar-refractivity contribution in [2.45, 2.75) is 0 Å². The minimum Gasteiger partial charge on any atom is -0.465 e. The van der Waals surface area contributed by atoms with Crippen LogP contribution in [0.1, 0.15) is 9.67 Å². The number of nitrogens with zero attached hydrogens (tertiary/aromatic N) is 3. The molecule has 0 amide bonds. The van der Waals surface area contributed by atoms with Crippen molar-refractivity contribution in [1.82, 2.24) is 15.0 Å². The van der Waals surface area contributed by atoms with Gasteiger partial charge in [0.25, 0.3) is 0 Å². The van der Waals surface area contributed by atoms with E-state index in [9.17, 15) is 4.79 Å². The van der Waals surface area contributed by atoms with E-state index in [1.54, 1.807) is 18.6 Å². The van der Waals surface area contributed by atoms with Crippen molar-refractivity contribution in [1.29, 1.82) is 0 Å². The lowest BCUT2D eigenvalue weighted by molar-refractivity contribution is 0.0606. The molecule has 0 saturated heterocycles. The number of carbonyl (C=O) groups excluding carboxylic acids is 1. The van der Waals surface area contributed by atoms with Crippen LogP contribution in [0.4, 0.5) is 0 Å². The summed E-state index contributed by atoms with van der Waals surface area (Å²) >= 11 is 1.23. The lowest BCUT2D eigenvalue weighted by Gasteiger charge is -1.92. The molecule has 2 aromatic heterocycles. The first-order chi connectivity index (χ1) is 7.31. The van der Waals surface area contributed by atoms with E-state index >= 15 is 0 Å². The maximum absolute atomic E-state index is 11.2. The molecule has 0 radical (unpaired) electrons. The van der Waals surface area contributed by atoms with Crippen LogP contribution in [0, 0.1) is 0 Å². The number of rotatable bonds is 2. The third-order valence-electron chi connectivity index (χ3n) is 1.67. The molecule has 0 N–H and O–H groups in total. The number of carbonyl (C=O) groups is 1. The molecule has 2 heterocycles. The van der Waals surface area contributed by atoms with Crippen molar-refractivity contribution in [2.24, 2.45) is 0 Å². The molecular formula is C9H7N3O2S. The summed E-state index contributed by atoms with van der Waals surface area (Å²) in [7, 11) is 1.34. The van der Waals surface area contributed by atoms with Gasteiger partial charge in [-0.15, -0.1) is 11.3 Å². The summed E-state index contributed by atoms with van der Waals surface area (Å²) in [6.45, 7) is 0. The summed E-state index contributed by atoms with van der Waals surface area (Å²) in [4.78, 5) is 23.7. The van der Waals surface area contributed by atoms with E-state index in [1.807, 2.05) is 0 Å². The Morgan fingerprint density at radius 3 is 2.87 bits per heavy atom. The van der Waals surface area contributed by atoms with E-state index in [4.69, 9.17) is 0 Å². The lowest BCUT2D eigenvalue weighted by atomic mass is 10.5. The third-order valence-corrected chi connectivity index (χ3v) is 2.67. The van der Waals surface area contributed by atoms with Gasteiger partial charge >= 0.3 is 5.97 Å². The average molecular weight is 221 g/mol. The second-order valence-electron chi connectivity index (χ2n) is 2.61. The Labute approximate surface area is 89.8 Å². The summed E-state index contributed by atoms with van der Waals surface area (Å²) in [6, 6.07) is 0. The van der Waals surface area contributed by atoms with Crippen molar-refractivity contribution in [3.63, 3.8) is 0 Å². The number of hydrogen-bond acceptors (Lipinski definition) is 6. The van der Waals surface area contributed by atoms with E-state index in [-0.39, 0.29) is 5.97 Å². The quantitative estimate of drug-likeness (QED) is 0.717. The standard InChI is InChI=1S/C9H7N3O2S/c1-14-9(13)7-5-12-8(15-7)6-4-10-2-3-11-6/h2-5H,1H3. The maximum atomic E-state index is 11.2. The van der Waals surface area contributed by atoms with Gasteiger partial charge < -0.3 is 4.74 Å². The zero-order chi connectivity index (χ0) is 10.7. The van der Waals surface area contributed by atoms with Crippen LogP contribution in [0.15, 0.2) is 24.8 Å². The summed E-state index contributed by atoms with van der Waals surface area (Å²) in [6.07, 6.45) is 6.23. The van der Waals surface area contributed by atoms with Gasteiger partial charge in [0.15, 0.2) is 0 Å². The van der Waals surface area contributed by atoms with Crippen molar-refractivity contribution in [3.05, 3.63) is 29.7 Å². The summed E-state index contributed by atoms with van der Waals surface area (Å²) in [5, 5.41) is 0.656. The number of methoxy groups -OCH3 is 1. The van der Waals surface area contributed by atoms with Crippen molar-refractivity contribution in [2.75, 3.05) is 7.11 Å². The Hall–Kier alpha value is -1.82. The Bertz CT molecular complexity index is 469. The fraction of sp³-hybridized carbons (Fsp3) is 0.111. The largest absolute Gasteiger partial charge is 0.465 e. The molecule has 0 aliphatic heterocycles. The zero-order valence-electron chi connectivity index (χ0n) is 7.88. The van der Waals surface area contributed by atoms with Gasteiger partial charge in [-0.1, -0.05) is 0 Å². The molecule has 76 valence electrons. The summed E-state index contributed by atoms with van der Waals surface area (Å²) < 4.78 is 4.58. The molecule has 2 rings (SSSR count). The van der Waals surface area contributed by atoms with Crippen LogP contribution in [0.5, 0.6) is 0 Å². The smallest absolute Gasteiger partial charge is 0.349 e. The monoisotopic (exact) mass is 221 g/mol. The Balaban J connectivity index is 2.32. The Morgan fingerprint density at radius 2 is 2.20 bits per heavy atom. The highest BCUT2D eigenvalue weighted by Gasteiger charge is 2.12. The van der Waals surface area contributed by atoms with Crippen LogP contribution < -0.4 is 0 Å². The first-order valence-corrected chi connectivity index (χ1v) is 4.93. The normalized spacial score (nSPS) is 9.93. The van der Waals surface area contributed by atoms with Crippen LogP contribution in [-0.2, 0) is 4.74 Å². The van der Waals surface area contributed by atoms with Crippen molar-refractivity contribution < 1.29 is 9.53 Å². The first-order valence-electron chi connectivity index (χ1n) is 4.12. The molecule has 2 aromatic rings. The maximum Gasteiger partial charge on any atom is 0.349 e. The fourth-order valence-electron chi connectivity index (χ4n) is 0.997. The van der Waals surface area contributed by atoms with Gasteiger partial charge in [-0.25, -0.2) is 9.78 Å². The van der Waals surface area contributed by atoms with Gasteiger partial charge in [0.05, 0.1) is 19.5 Å². The minimum atomic E-state index is -0.386. The molecule has 0 fully saturated rings. The molecule has 0 unspecified atom stereocenters. The number of thiazole rings is 1. The molecule has 0 aliphatic rings. The number of aromatic nitrogens is 3. The molecule has 0 atom stereocenters. The molecule has 0 bridgehead atoms. The van der Waals surface area contributed by atoms with E-state index in [0.29, 0.717) is 15.6 Å². The predicted octanol–water partition coefficient (Wildman–Crippen LogP) is 1.39. The summed E-state index contributed by atoms with van der Waals surface area (Å²) in [5.41, 5.74) is 0.651. The van der Waals surface area contributed by atoms with Gasteiger partial charge in [0, 0.05) is 12.4 Å². The van der Waals surface area contributed by atoms with Gasteiger partial charge in [-0.2, -0.15) is 0 Å². The molecule has 0 spiro atoms. The van der Waals surface area contributed by atoms with Gasteiger partial charge in [-0.05, 0) is 0 Å². The highest BCUT2D eigenvalue weighted by Crippen LogP contribution is 2.22. The van der Waals surface area contributed by atoms with E-state index < -0.39 is 0 Å². The van der Waals surface area contributed by atoms with Gasteiger partial charge in [0.2, 0.25) is 0 Å². The van der Waals surface area contributed by atoms with Crippen LogP contribution in [0.25, 0.3) is 10.7 Å². The molecule has 0 aromatic carbocycles. The highest BCUT2D eigenvalue weighted by atomic mass is 32.1. The number of esters is 1. The molecule has 15 heavy (non-hydrogen) atoms. The SMILES string of the molecule is COC(=O)c1cnc(-c2cnccn2)s1. The van der Waals surface area contributed by atoms with Crippen LogP contribution >= 0.6 is 11.3 Å². The highest BCUT2D eigenvalue weighted by molar-refractivity contribution is 7.16. The number of hydrogen-bond donors (Lipinski definition) is 0. The van der Waals surface area contributed by atoms with Crippen molar-refractivity contribution in [3.8, 4) is 10.7 Å². The van der Waals surface area contributed by atoms with E-state index in [1.165, 1.54) is 24.6 Å². The van der Waals surface area contributed by atoms with Gasteiger partial charge in [0.1, 0.15) is 15.6 Å². The minimum absolute atomic E-state index is 0.386. The predicted molar refractivity (Wildman–Crippen MR) is 54.5 cm³/mol. The number of ether oxygens (including phenoxy) is 1. The first kappa shape index (κ1) is 9.72. The Kier molecular flexibility index (Phi) is 2.68. The zero-order valence-corrected chi connectivity index (χ0v) is 8.69. The second kappa shape index (κ2) is 4.14. The fourth-order valence-corrected chi connectivity index (χ4v) is 1.79. The van der Waals surface area contributed by atoms with Crippen LogP contribution in [-0.4, -0.2) is 28.0 Å². The van der Waals surface area contributed by atoms with E-state index in [2.05, 4.69) is 19.7 Å². The molecular weight excluding hydrogens is 214 g/mol. The third kappa shape index (κ3) is 1.99. The van der Waals surface area contributed by atoms with Crippen molar-refractivity contribution >= 4 is 17.3 Å². The Morgan fingerprint density at radius 1 is 1.33 bits per heavy atom. The molecule has 5 nitrogen and oxygen atoms in total. The molecule has 6 heteroatoms. The van der Waals surface area contributed by atoms with Crippen LogP contribution in [0.3, 0.4) is 0 Å². The molecule has 0 saturated carbocycles. The van der Waals surface area contributed by atoms with E-state index in [0.717, 1.165) is 0 Å².